The summed E-state index contributed by atoms with van der Waals surface area (Å²) in [5, 5.41) is 5.37. The summed E-state index contributed by atoms with van der Waals surface area (Å²) in [4.78, 5) is 36.8. The van der Waals surface area contributed by atoms with Gasteiger partial charge in [0.2, 0.25) is 17.7 Å². The van der Waals surface area contributed by atoms with Gasteiger partial charge in [0.05, 0.1) is 7.11 Å². The summed E-state index contributed by atoms with van der Waals surface area (Å²) in [6.45, 7) is 2.65. The van der Waals surface area contributed by atoms with Gasteiger partial charge >= 0.3 is 0 Å². The largest absolute Gasteiger partial charge is 0.497 e. The van der Waals surface area contributed by atoms with Gasteiger partial charge in [-0.15, -0.1) is 0 Å². The van der Waals surface area contributed by atoms with Crippen LogP contribution in [0.5, 0.6) is 5.75 Å². The predicted octanol–water partition coefficient (Wildman–Crippen LogP) is 2.65. The van der Waals surface area contributed by atoms with E-state index in [2.05, 4.69) is 10.6 Å². The molecule has 7 nitrogen and oxygen atoms in total. The van der Waals surface area contributed by atoms with Crippen LogP contribution < -0.4 is 20.3 Å². The number of nitrogens with zero attached hydrogens (tertiary/aromatic N) is 1. The number of nitrogens with one attached hydrogen (secondary N) is 2. The van der Waals surface area contributed by atoms with Crippen LogP contribution in [0, 0.1) is 0 Å². The lowest BCUT2D eigenvalue weighted by Crippen LogP contribution is -2.36. The minimum Gasteiger partial charge on any atom is -0.497 e. The molecule has 0 heterocycles. The van der Waals surface area contributed by atoms with E-state index in [4.69, 9.17) is 4.74 Å². The summed E-state index contributed by atoms with van der Waals surface area (Å²) in [5.41, 5.74) is 1.67. The Labute approximate surface area is 152 Å². The van der Waals surface area contributed by atoms with Crippen LogP contribution in [0.2, 0.25) is 0 Å². The van der Waals surface area contributed by atoms with Gasteiger partial charge in [-0.25, -0.2) is 0 Å². The standard InChI is InChI=1S/C19H21N3O4/c1-13(23)20-15-6-4-7-16(10-15)21-19(25)12-22(14(2)24)17-8-5-9-18(11-17)26-3/h4-11H,12H2,1-3H3,(H,20,23)(H,21,25). The molecular formula is C19H21N3O4. The van der Waals surface area contributed by atoms with Gasteiger partial charge in [0.1, 0.15) is 12.3 Å². The van der Waals surface area contributed by atoms with Crippen molar-refractivity contribution >= 4 is 34.8 Å². The lowest BCUT2D eigenvalue weighted by atomic mass is 10.2. The molecule has 7 heteroatoms. The van der Waals surface area contributed by atoms with Crippen LogP contribution in [-0.4, -0.2) is 31.4 Å². The second-order valence-electron chi connectivity index (χ2n) is 5.62. The molecule has 0 saturated heterocycles. The van der Waals surface area contributed by atoms with Crippen molar-refractivity contribution in [3.63, 3.8) is 0 Å². The Hall–Kier alpha value is -3.35. The molecule has 0 radical (unpaired) electrons. The maximum absolute atomic E-state index is 12.4. The summed E-state index contributed by atoms with van der Waals surface area (Å²) in [5.74, 6) is -0.227. The van der Waals surface area contributed by atoms with Crippen LogP contribution in [0.15, 0.2) is 48.5 Å². The number of hydrogen-bond acceptors (Lipinski definition) is 4. The topological polar surface area (TPSA) is 87.7 Å². The van der Waals surface area contributed by atoms with Crippen LogP contribution in [0.3, 0.4) is 0 Å². The molecule has 2 N–H and O–H groups in total. The zero-order chi connectivity index (χ0) is 19.1. The number of carbonyl (C=O) groups is 3. The predicted molar refractivity (Wildman–Crippen MR) is 100 cm³/mol. The average Bonchev–Trinajstić information content (AvgIpc) is 2.59. The van der Waals surface area contributed by atoms with Crippen molar-refractivity contribution in [2.45, 2.75) is 13.8 Å². The van der Waals surface area contributed by atoms with E-state index in [0.717, 1.165) is 0 Å². The molecule has 2 rings (SSSR count). The fourth-order valence-electron chi connectivity index (χ4n) is 2.38. The first-order valence-electron chi connectivity index (χ1n) is 7.98. The van der Waals surface area contributed by atoms with Crippen LogP contribution in [0.1, 0.15) is 13.8 Å². The Morgan fingerprint density at radius 3 is 2.23 bits per heavy atom. The van der Waals surface area contributed by atoms with Crippen molar-refractivity contribution < 1.29 is 19.1 Å². The summed E-state index contributed by atoms with van der Waals surface area (Å²) in [7, 11) is 1.53. The van der Waals surface area contributed by atoms with Crippen molar-refractivity contribution in [2.75, 3.05) is 29.2 Å². The maximum atomic E-state index is 12.4. The minimum atomic E-state index is -0.358. The number of carbonyl (C=O) groups excluding carboxylic acids is 3. The van der Waals surface area contributed by atoms with E-state index in [1.54, 1.807) is 48.5 Å². The molecule has 3 amide bonds. The van der Waals surface area contributed by atoms with Crippen molar-refractivity contribution in [1.82, 2.24) is 0 Å². The highest BCUT2D eigenvalue weighted by Crippen LogP contribution is 2.21. The van der Waals surface area contributed by atoms with Crippen LogP contribution >= 0.6 is 0 Å². The number of rotatable bonds is 6. The van der Waals surface area contributed by atoms with Gasteiger partial charge < -0.3 is 20.3 Å². The molecule has 0 fully saturated rings. The molecule has 0 atom stereocenters. The summed E-state index contributed by atoms with van der Waals surface area (Å²) < 4.78 is 5.16. The third-order valence-electron chi connectivity index (χ3n) is 3.51. The fourth-order valence-corrected chi connectivity index (χ4v) is 2.38. The van der Waals surface area contributed by atoms with Crippen molar-refractivity contribution in [2.24, 2.45) is 0 Å². The minimum absolute atomic E-state index is 0.146. The Morgan fingerprint density at radius 1 is 0.962 bits per heavy atom. The molecule has 0 unspecified atom stereocenters. The van der Waals surface area contributed by atoms with Crippen LogP contribution in [-0.2, 0) is 14.4 Å². The number of benzene rings is 2. The van der Waals surface area contributed by atoms with E-state index in [1.165, 1.54) is 25.9 Å². The van der Waals surface area contributed by atoms with E-state index >= 15 is 0 Å². The number of anilines is 3. The number of ether oxygens (including phenoxy) is 1. The van der Waals surface area contributed by atoms with Gasteiger partial charge in [0.15, 0.2) is 0 Å². The Morgan fingerprint density at radius 2 is 1.62 bits per heavy atom. The quantitative estimate of drug-likeness (QED) is 0.834. The second-order valence-corrected chi connectivity index (χ2v) is 5.62. The summed E-state index contributed by atoms with van der Waals surface area (Å²) in [6.07, 6.45) is 0. The van der Waals surface area contributed by atoms with Gasteiger partial charge in [-0.3, -0.25) is 14.4 Å². The molecule has 0 aliphatic heterocycles. The van der Waals surface area contributed by atoms with Gasteiger partial charge in [-0.2, -0.15) is 0 Å². The Bertz CT molecular complexity index is 820. The fraction of sp³-hybridized carbons (Fsp3) is 0.211. The molecule has 0 spiro atoms. The maximum Gasteiger partial charge on any atom is 0.244 e. The average molecular weight is 355 g/mol. The first kappa shape index (κ1) is 19.0. The molecule has 0 aliphatic rings. The Kier molecular flexibility index (Phi) is 6.32. The molecule has 136 valence electrons. The third kappa shape index (κ3) is 5.34. The third-order valence-corrected chi connectivity index (χ3v) is 3.51. The summed E-state index contributed by atoms with van der Waals surface area (Å²) >= 11 is 0. The van der Waals surface area contributed by atoms with Crippen molar-refractivity contribution in [1.29, 1.82) is 0 Å². The molecule has 0 bridgehead atoms. The van der Waals surface area contributed by atoms with Crippen molar-refractivity contribution in [3.05, 3.63) is 48.5 Å². The van der Waals surface area contributed by atoms with Gasteiger partial charge in [0.25, 0.3) is 0 Å². The first-order chi connectivity index (χ1) is 12.4. The van der Waals surface area contributed by atoms with Crippen LogP contribution in [0.25, 0.3) is 0 Å². The highest BCUT2D eigenvalue weighted by molar-refractivity contribution is 6.02. The molecule has 0 saturated carbocycles. The smallest absolute Gasteiger partial charge is 0.244 e. The number of hydrogen-bond donors (Lipinski definition) is 2. The molecule has 0 aromatic heterocycles. The molecule has 0 aliphatic carbocycles. The van der Waals surface area contributed by atoms with Gasteiger partial charge in [0, 0.05) is 37.0 Å². The van der Waals surface area contributed by atoms with E-state index < -0.39 is 0 Å². The number of amides is 3. The van der Waals surface area contributed by atoms with Crippen molar-refractivity contribution in [3.8, 4) is 5.75 Å². The van der Waals surface area contributed by atoms with E-state index in [1.807, 2.05) is 0 Å². The highest BCUT2D eigenvalue weighted by atomic mass is 16.5. The number of methoxy groups -OCH3 is 1. The monoisotopic (exact) mass is 355 g/mol. The van der Waals surface area contributed by atoms with E-state index in [9.17, 15) is 14.4 Å². The van der Waals surface area contributed by atoms with E-state index in [0.29, 0.717) is 22.8 Å². The first-order valence-corrected chi connectivity index (χ1v) is 7.98. The SMILES string of the molecule is COc1cccc(N(CC(=O)Nc2cccc(NC(C)=O)c2)C(C)=O)c1. The second kappa shape index (κ2) is 8.66. The lowest BCUT2D eigenvalue weighted by Gasteiger charge is -2.21. The summed E-state index contributed by atoms with van der Waals surface area (Å²) in [6, 6.07) is 13.7. The van der Waals surface area contributed by atoms with Crippen LogP contribution in [0.4, 0.5) is 17.1 Å². The van der Waals surface area contributed by atoms with Gasteiger partial charge in [-0.1, -0.05) is 12.1 Å². The molecular weight excluding hydrogens is 334 g/mol. The molecule has 2 aromatic carbocycles. The zero-order valence-electron chi connectivity index (χ0n) is 14.9. The zero-order valence-corrected chi connectivity index (χ0v) is 14.9. The Balaban J connectivity index is 2.10. The normalized spacial score (nSPS) is 9.96. The van der Waals surface area contributed by atoms with E-state index in [-0.39, 0.29) is 24.3 Å². The lowest BCUT2D eigenvalue weighted by molar-refractivity contribution is -0.120. The highest BCUT2D eigenvalue weighted by Gasteiger charge is 2.16. The molecule has 26 heavy (non-hydrogen) atoms. The van der Waals surface area contributed by atoms with Gasteiger partial charge in [-0.05, 0) is 30.3 Å². The molecule has 2 aromatic rings.